The number of anilines is 2. The minimum Gasteiger partial charge on any atom is -0.495 e. The van der Waals surface area contributed by atoms with E-state index >= 15 is 0 Å². The molecule has 0 radical (unpaired) electrons. The summed E-state index contributed by atoms with van der Waals surface area (Å²) in [5, 5.41) is 2.89. The predicted molar refractivity (Wildman–Crippen MR) is 103 cm³/mol. The number of methoxy groups -OCH3 is 1. The molecule has 1 aromatic heterocycles. The van der Waals surface area contributed by atoms with E-state index in [4.69, 9.17) is 14.9 Å². The smallest absolute Gasteiger partial charge is 0.286 e. The van der Waals surface area contributed by atoms with Crippen molar-refractivity contribution in [3.05, 3.63) is 48.2 Å². The van der Waals surface area contributed by atoms with Crippen LogP contribution in [-0.2, 0) is 14.8 Å². The van der Waals surface area contributed by atoms with Gasteiger partial charge in [0.15, 0.2) is 0 Å². The van der Waals surface area contributed by atoms with Gasteiger partial charge in [0.2, 0.25) is 11.7 Å². The van der Waals surface area contributed by atoms with Crippen LogP contribution in [0.2, 0.25) is 0 Å². The number of nitrogens with one attached hydrogen (secondary N) is 2. The summed E-state index contributed by atoms with van der Waals surface area (Å²) in [6.07, 6.45) is 0. The quantitative estimate of drug-likeness (QED) is 0.577. The lowest BCUT2D eigenvalue weighted by Crippen LogP contribution is -2.18. The van der Waals surface area contributed by atoms with Gasteiger partial charge >= 0.3 is 0 Å². The van der Waals surface area contributed by atoms with Gasteiger partial charge in [-0.3, -0.25) is 14.3 Å². The fourth-order valence-corrected chi connectivity index (χ4v) is 3.76. The number of amides is 2. The van der Waals surface area contributed by atoms with E-state index in [-0.39, 0.29) is 22.0 Å². The van der Waals surface area contributed by atoms with Crippen molar-refractivity contribution in [3.63, 3.8) is 0 Å². The first-order valence-electron chi connectivity index (χ1n) is 8.02. The molecule has 2 aromatic carbocycles. The molecule has 2 amide bonds. The largest absolute Gasteiger partial charge is 0.495 e. The Balaban J connectivity index is 2.08. The Morgan fingerprint density at radius 2 is 1.86 bits per heavy atom. The Morgan fingerprint density at radius 3 is 2.50 bits per heavy atom. The molecule has 0 saturated carbocycles. The Bertz CT molecular complexity index is 1180. The number of hydrogen-bond donors (Lipinski definition) is 3. The summed E-state index contributed by atoms with van der Waals surface area (Å²) in [7, 11) is -2.75. The summed E-state index contributed by atoms with van der Waals surface area (Å²) in [4.78, 5) is 22.9. The van der Waals surface area contributed by atoms with Crippen LogP contribution in [-0.4, -0.2) is 27.3 Å². The molecule has 0 unspecified atom stereocenters. The minimum atomic E-state index is -4.14. The van der Waals surface area contributed by atoms with Gasteiger partial charge in [-0.1, -0.05) is 12.1 Å². The van der Waals surface area contributed by atoms with Crippen LogP contribution in [0, 0.1) is 0 Å². The molecule has 3 aromatic rings. The Hall–Kier alpha value is -3.53. The van der Waals surface area contributed by atoms with E-state index in [1.807, 2.05) is 0 Å². The van der Waals surface area contributed by atoms with Gasteiger partial charge in [-0.2, -0.15) is 0 Å². The first kappa shape index (κ1) is 19.2. The molecule has 0 saturated heterocycles. The van der Waals surface area contributed by atoms with Crippen molar-refractivity contribution in [2.75, 3.05) is 17.1 Å². The molecule has 4 N–H and O–H groups in total. The second kappa shape index (κ2) is 7.24. The summed E-state index contributed by atoms with van der Waals surface area (Å²) < 4.78 is 38.6. The molecule has 0 aliphatic heterocycles. The highest BCUT2D eigenvalue weighted by Crippen LogP contribution is 2.33. The normalized spacial score (nSPS) is 11.2. The summed E-state index contributed by atoms with van der Waals surface area (Å²) in [5.74, 6) is -1.32. The average molecular weight is 403 g/mol. The molecule has 0 fully saturated rings. The number of nitrogens with two attached hydrogens (primary N) is 1. The number of benzene rings is 2. The fourth-order valence-electron chi connectivity index (χ4n) is 2.66. The van der Waals surface area contributed by atoms with Crippen molar-refractivity contribution < 1.29 is 27.2 Å². The molecule has 28 heavy (non-hydrogen) atoms. The highest BCUT2D eigenvalue weighted by atomic mass is 32.2. The maximum atomic E-state index is 12.9. The van der Waals surface area contributed by atoms with Crippen LogP contribution in [0.5, 0.6) is 5.75 Å². The standard InChI is InChI=1S/C18H17N3O6S/c1-10(22)20-13-9-11(7-8-15(13)26-2)28(24,25)21-16-12-5-3-4-6-14(12)27-17(16)18(19)23/h3-9,21H,1-2H3,(H2,19,23)(H,20,22). The zero-order valence-corrected chi connectivity index (χ0v) is 15.8. The van der Waals surface area contributed by atoms with Crippen molar-refractivity contribution in [2.24, 2.45) is 5.73 Å². The van der Waals surface area contributed by atoms with Crippen LogP contribution in [0.1, 0.15) is 17.5 Å². The first-order valence-corrected chi connectivity index (χ1v) is 9.51. The Kier molecular flexibility index (Phi) is 4.97. The van der Waals surface area contributed by atoms with E-state index < -0.39 is 21.8 Å². The van der Waals surface area contributed by atoms with Gasteiger partial charge < -0.3 is 20.2 Å². The summed E-state index contributed by atoms with van der Waals surface area (Å²) in [5.41, 5.74) is 5.76. The van der Waals surface area contributed by atoms with Crippen LogP contribution in [0.4, 0.5) is 11.4 Å². The van der Waals surface area contributed by atoms with Gasteiger partial charge in [0.1, 0.15) is 17.0 Å². The molecule has 0 atom stereocenters. The number of ether oxygens (including phenoxy) is 1. The topological polar surface area (TPSA) is 141 Å². The van der Waals surface area contributed by atoms with E-state index in [1.165, 1.54) is 32.2 Å². The molecule has 0 spiro atoms. The van der Waals surface area contributed by atoms with Crippen molar-refractivity contribution in [1.29, 1.82) is 0 Å². The van der Waals surface area contributed by atoms with Crippen molar-refractivity contribution in [2.45, 2.75) is 11.8 Å². The van der Waals surface area contributed by atoms with Gasteiger partial charge in [-0.25, -0.2) is 8.42 Å². The second-order valence-corrected chi connectivity index (χ2v) is 7.50. The number of rotatable bonds is 6. The van der Waals surface area contributed by atoms with E-state index in [0.29, 0.717) is 16.7 Å². The number of carbonyl (C=O) groups is 2. The maximum absolute atomic E-state index is 12.9. The zero-order chi connectivity index (χ0) is 20.5. The highest BCUT2D eigenvalue weighted by Gasteiger charge is 2.24. The molecule has 10 heteroatoms. The molecule has 1 heterocycles. The van der Waals surface area contributed by atoms with Crippen LogP contribution in [0.3, 0.4) is 0 Å². The zero-order valence-electron chi connectivity index (χ0n) is 15.0. The second-order valence-electron chi connectivity index (χ2n) is 5.82. The number of carbonyl (C=O) groups excluding carboxylic acids is 2. The molecule has 0 aliphatic carbocycles. The SMILES string of the molecule is COc1ccc(S(=O)(=O)Nc2c(C(N)=O)oc3ccccc23)cc1NC(C)=O. The van der Waals surface area contributed by atoms with Crippen LogP contribution in [0.25, 0.3) is 11.0 Å². The summed E-state index contributed by atoms with van der Waals surface area (Å²) in [6.45, 7) is 1.29. The molecule has 0 bridgehead atoms. The van der Waals surface area contributed by atoms with Gasteiger partial charge in [-0.15, -0.1) is 0 Å². The fraction of sp³-hybridized carbons (Fsp3) is 0.111. The van der Waals surface area contributed by atoms with Gasteiger partial charge in [0.25, 0.3) is 15.9 Å². The lowest BCUT2D eigenvalue weighted by atomic mass is 10.2. The first-order chi connectivity index (χ1) is 13.2. The van der Waals surface area contributed by atoms with Gasteiger partial charge in [-0.05, 0) is 30.3 Å². The van der Waals surface area contributed by atoms with E-state index in [0.717, 1.165) is 0 Å². The van der Waals surface area contributed by atoms with E-state index in [2.05, 4.69) is 10.0 Å². The number of sulfonamides is 1. The van der Waals surface area contributed by atoms with Crippen molar-refractivity contribution in [3.8, 4) is 5.75 Å². The summed E-state index contributed by atoms with van der Waals surface area (Å²) in [6, 6.07) is 10.5. The monoisotopic (exact) mass is 403 g/mol. The molecule has 3 rings (SSSR count). The molecule has 9 nitrogen and oxygen atoms in total. The third-order valence-electron chi connectivity index (χ3n) is 3.85. The van der Waals surface area contributed by atoms with E-state index in [9.17, 15) is 18.0 Å². The molecule has 0 aliphatic rings. The van der Waals surface area contributed by atoms with E-state index in [1.54, 1.807) is 24.3 Å². The summed E-state index contributed by atoms with van der Waals surface area (Å²) >= 11 is 0. The van der Waals surface area contributed by atoms with Crippen molar-refractivity contribution >= 4 is 44.2 Å². The minimum absolute atomic E-state index is 0.0556. The number of para-hydroxylation sites is 1. The average Bonchev–Trinajstić information content (AvgIpc) is 2.99. The maximum Gasteiger partial charge on any atom is 0.286 e. The lowest BCUT2D eigenvalue weighted by molar-refractivity contribution is -0.114. The third kappa shape index (κ3) is 3.62. The lowest BCUT2D eigenvalue weighted by Gasteiger charge is -2.12. The number of primary amides is 1. The molecular formula is C18H17N3O6S. The number of fused-ring (bicyclic) bond motifs is 1. The third-order valence-corrected chi connectivity index (χ3v) is 5.20. The van der Waals surface area contributed by atoms with Crippen molar-refractivity contribution in [1.82, 2.24) is 0 Å². The molecular weight excluding hydrogens is 386 g/mol. The number of furan rings is 1. The van der Waals surface area contributed by atoms with Crippen LogP contribution in [0.15, 0.2) is 51.8 Å². The highest BCUT2D eigenvalue weighted by molar-refractivity contribution is 7.92. The van der Waals surface area contributed by atoms with Gasteiger partial charge in [0.05, 0.1) is 17.7 Å². The van der Waals surface area contributed by atoms with Gasteiger partial charge in [0, 0.05) is 12.3 Å². The van der Waals surface area contributed by atoms with Crippen LogP contribution >= 0.6 is 0 Å². The predicted octanol–water partition coefficient (Wildman–Crippen LogP) is 2.30. The Labute approximate surface area is 160 Å². The van der Waals surface area contributed by atoms with Crippen LogP contribution < -0.4 is 20.5 Å². The Morgan fingerprint density at radius 1 is 1.14 bits per heavy atom. The number of hydrogen-bond acceptors (Lipinski definition) is 6. The molecule has 146 valence electrons.